The highest BCUT2D eigenvalue weighted by Crippen LogP contribution is 2.37. The summed E-state index contributed by atoms with van der Waals surface area (Å²) in [7, 11) is 0. The predicted octanol–water partition coefficient (Wildman–Crippen LogP) is 4.94. The van der Waals surface area contributed by atoms with E-state index in [-0.39, 0.29) is 17.9 Å². The normalized spacial score (nSPS) is 20.9. The third-order valence-electron chi connectivity index (χ3n) is 7.55. The fraction of sp³-hybridized carbons (Fsp3) is 0.517. The molecule has 4 rings (SSSR count). The van der Waals surface area contributed by atoms with E-state index in [9.17, 15) is 14.7 Å². The van der Waals surface area contributed by atoms with Crippen LogP contribution in [-0.2, 0) is 4.79 Å². The number of aryl methyl sites for hydroxylation is 3. The second-order valence-electron chi connectivity index (χ2n) is 10.6. The number of benzene rings is 2. The topological polar surface area (TPSA) is 70.1 Å². The van der Waals surface area contributed by atoms with Crippen LogP contribution < -0.4 is 4.74 Å². The molecule has 0 radical (unpaired) electrons. The van der Waals surface area contributed by atoms with Crippen LogP contribution in [0.1, 0.15) is 59.2 Å². The lowest BCUT2D eigenvalue weighted by Crippen LogP contribution is -2.51. The van der Waals surface area contributed by atoms with Gasteiger partial charge in [-0.1, -0.05) is 29.3 Å². The molecular formula is C29H37ClN2O4. The number of rotatable bonds is 6. The van der Waals surface area contributed by atoms with Crippen LogP contribution in [0.3, 0.4) is 0 Å². The Morgan fingerprint density at radius 3 is 2.31 bits per heavy atom. The van der Waals surface area contributed by atoms with E-state index in [1.54, 1.807) is 0 Å². The first-order valence-electron chi connectivity index (χ1n) is 12.9. The summed E-state index contributed by atoms with van der Waals surface area (Å²) >= 11 is 6.35. The molecule has 0 unspecified atom stereocenters. The maximum Gasteiger partial charge on any atom is 0.253 e. The van der Waals surface area contributed by atoms with E-state index < -0.39 is 5.41 Å². The molecule has 0 aromatic heterocycles. The number of piperidine rings is 2. The Hall–Kier alpha value is -2.57. The largest absolute Gasteiger partial charge is 0.493 e. The molecule has 1 N–H and O–H groups in total. The number of carbonyl (C=O) groups is 2. The first-order chi connectivity index (χ1) is 17.2. The highest BCUT2D eigenvalue weighted by Gasteiger charge is 2.41. The fourth-order valence-electron chi connectivity index (χ4n) is 5.35. The standard InChI is InChI=1S/C29H37ClN2O4/c1-20-5-7-23(8-6-20)28(35)32-12-4-11-29(18-32,17-26(34)31-13-9-24(33)10-14-31)19-36-25-15-21(2)27(30)22(3)16-25/h5-8,15-16,24,33H,4,9-14,17-19H2,1-3H3/t29-/m1/s1. The molecule has 0 bridgehead atoms. The van der Waals surface area contributed by atoms with E-state index in [0.717, 1.165) is 40.3 Å². The summed E-state index contributed by atoms with van der Waals surface area (Å²) in [5.74, 6) is 0.786. The van der Waals surface area contributed by atoms with Crippen molar-refractivity contribution in [1.82, 2.24) is 9.80 Å². The molecular weight excluding hydrogens is 476 g/mol. The number of halogens is 1. The maximum absolute atomic E-state index is 13.4. The fourth-order valence-corrected chi connectivity index (χ4v) is 5.46. The number of hydrogen-bond acceptors (Lipinski definition) is 4. The van der Waals surface area contributed by atoms with Crippen molar-refractivity contribution in [3.63, 3.8) is 0 Å². The van der Waals surface area contributed by atoms with Gasteiger partial charge in [-0.2, -0.15) is 0 Å². The summed E-state index contributed by atoms with van der Waals surface area (Å²) in [6, 6.07) is 11.5. The van der Waals surface area contributed by atoms with Gasteiger partial charge in [-0.05, 0) is 81.8 Å². The number of carbonyl (C=O) groups excluding carboxylic acids is 2. The van der Waals surface area contributed by atoms with E-state index in [1.165, 1.54) is 0 Å². The van der Waals surface area contributed by atoms with Gasteiger partial charge in [0.1, 0.15) is 5.75 Å². The van der Waals surface area contributed by atoms with Gasteiger partial charge in [-0.25, -0.2) is 0 Å². The molecule has 6 nitrogen and oxygen atoms in total. The summed E-state index contributed by atoms with van der Waals surface area (Å²) in [6.45, 7) is 8.52. The van der Waals surface area contributed by atoms with Crippen LogP contribution in [0.25, 0.3) is 0 Å². The van der Waals surface area contributed by atoms with Gasteiger partial charge in [0.05, 0.1) is 12.7 Å². The van der Waals surface area contributed by atoms with Gasteiger partial charge in [-0.3, -0.25) is 9.59 Å². The molecule has 2 aliphatic heterocycles. The summed E-state index contributed by atoms with van der Waals surface area (Å²) in [5.41, 5.74) is 3.18. The van der Waals surface area contributed by atoms with E-state index in [2.05, 4.69) is 0 Å². The zero-order chi connectivity index (χ0) is 25.9. The summed E-state index contributed by atoms with van der Waals surface area (Å²) in [6.07, 6.45) is 2.81. The highest BCUT2D eigenvalue weighted by molar-refractivity contribution is 6.32. The van der Waals surface area contributed by atoms with E-state index in [4.69, 9.17) is 16.3 Å². The molecule has 2 amide bonds. The molecule has 0 spiro atoms. The highest BCUT2D eigenvalue weighted by atomic mass is 35.5. The molecule has 2 aliphatic rings. The molecule has 2 heterocycles. The average molecular weight is 513 g/mol. The Morgan fingerprint density at radius 1 is 1.03 bits per heavy atom. The van der Waals surface area contributed by atoms with E-state index in [0.29, 0.717) is 57.6 Å². The molecule has 2 saturated heterocycles. The van der Waals surface area contributed by atoms with Crippen LogP contribution in [0.15, 0.2) is 36.4 Å². The first-order valence-corrected chi connectivity index (χ1v) is 13.2. The van der Waals surface area contributed by atoms with E-state index in [1.807, 2.05) is 67.0 Å². The van der Waals surface area contributed by atoms with Crippen LogP contribution in [0, 0.1) is 26.2 Å². The number of aliphatic hydroxyl groups excluding tert-OH is 1. The Kier molecular flexibility index (Phi) is 8.26. The number of likely N-dealkylation sites (tertiary alicyclic amines) is 2. The van der Waals surface area contributed by atoms with Crippen molar-refractivity contribution in [3.8, 4) is 5.75 Å². The molecule has 2 fully saturated rings. The Bertz CT molecular complexity index is 1070. The quantitative estimate of drug-likeness (QED) is 0.595. The molecule has 36 heavy (non-hydrogen) atoms. The zero-order valence-corrected chi connectivity index (χ0v) is 22.3. The first kappa shape index (κ1) is 26.5. The SMILES string of the molecule is Cc1ccc(C(=O)N2CCC[C@@](COc3cc(C)c(Cl)c(C)c3)(CC(=O)N3CCC(O)CC3)C2)cc1. The maximum atomic E-state index is 13.4. The lowest BCUT2D eigenvalue weighted by molar-refractivity contribution is -0.137. The number of nitrogens with zero attached hydrogens (tertiary/aromatic N) is 2. The minimum absolute atomic E-state index is 0.00852. The third-order valence-corrected chi connectivity index (χ3v) is 8.14. The predicted molar refractivity (Wildman–Crippen MR) is 142 cm³/mol. The summed E-state index contributed by atoms with van der Waals surface area (Å²) in [4.78, 5) is 30.5. The molecule has 7 heteroatoms. The average Bonchev–Trinajstić information content (AvgIpc) is 2.86. The Balaban J connectivity index is 1.55. The minimum Gasteiger partial charge on any atom is -0.493 e. The van der Waals surface area contributed by atoms with Gasteiger partial charge in [0.25, 0.3) is 5.91 Å². The van der Waals surface area contributed by atoms with Crippen molar-refractivity contribution in [1.29, 1.82) is 0 Å². The van der Waals surface area contributed by atoms with Crippen LogP contribution in [0.4, 0.5) is 0 Å². The number of ether oxygens (including phenoxy) is 1. The molecule has 0 aliphatic carbocycles. The van der Waals surface area contributed by atoms with Crippen molar-refractivity contribution in [2.45, 2.75) is 59.0 Å². The lowest BCUT2D eigenvalue weighted by atomic mass is 9.77. The third kappa shape index (κ3) is 6.22. The zero-order valence-electron chi connectivity index (χ0n) is 21.6. The van der Waals surface area contributed by atoms with Gasteiger partial charge in [0, 0.05) is 48.6 Å². The number of amides is 2. The van der Waals surface area contributed by atoms with Crippen molar-refractivity contribution in [3.05, 3.63) is 63.7 Å². The van der Waals surface area contributed by atoms with Gasteiger partial charge < -0.3 is 19.6 Å². The van der Waals surface area contributed by atoms with Gasteiger partial charge in [0.2, 0.25) is 5.91 Å². The monoisotopic (exact) mass is 512 g/mol. The number of aliphatic hydroxyl groups is 1. The molecule has 0 saturated carbocycles. The van der Waals surface area contributed by atoms with Crippen molar-refractivity contribution >= 4 is 23.4 Å². The van der Waals surface area contributed by atoms with Crippen molar-refractivity contribution in [2.75, 3.05) is 32.8 Å². The Labute approximate surface area is 219 Å². The Morgan fingerprint density at radius 2 is 1.67 bits per heavy atom. The number of hydrogen-bond donors (Lipinski definition) is 1. The molecule has 2 aromatic rings. The smallest absolute Gasteiger partial charge is 0.253 e. The summed E-state index contributed by atoms with van der Waals surface area (Å²) in [5, 5.41) is 10.6. The van der Waals surface area contributed by atoms with Crippen LogP contribution >= 0.6 is 11.6 Å². The van der Waals surface area contributed by atoms with Gasteiger partial charge in [0.15, 0.2) is 0 Å². The minimum atomic E-state index is -0.493. The summed E-state index contributed by atoms with van der Waals surface area (Å²) < 4.78 is 6.31. The second kappa shape index (κ2) is 11.2. The van der Waals surface area contributed by atoms with Crippen LogP contribution in [-0.4, -0.2) is 65.6 Å². The van der Waals surface area contributed by atoms with Crippen molar-refractivity contribution < 1.29 is 19.4 Å². The second-order valence-corrected chi connectivity index (χ2v) is 11.0. The molecule has 194 valence electrons. The van der Waals surface area contributed by atoms with Crippen LogP contribution in [0.2, 0.25) is 5.02 Å². The molecule has 1 atom stereocenters. The molecule has 2 aromatic carbocycles. The van der Waals surface area contributed by atoms with Crippen molar-refractivity contribution in [2.24, 2.45) is 5.41 Å². The van der Waals surface area contributed by atoms with E-state index >= 15 is 0 Å². The van der Waals surface area contributed by atoms with Gasteiger partial charge in [-0.15, -0.1) is 0 Å². The van der Waals surface area contributed by atoms with Crippen LogP contribution in [0.5, 0.6) is 5.75 Å². The lowest BCUT2D eigenvalue weighted by Gasteiger charge is -2.43. The van der Waals surface area contributed by atoms with Gasteiger partial charge >= 0.3 is 0 Å².